The van der Waals surface area contributed by atoms with E-state index in [9.17, 15) is 4.79 Å². The molecule has 1 N–H and O–H groups in total. The molecule has 154 valence electrons. The maximum atomic E-state index is 12.8. The van der Waals surface area contributed by atoms with Crippen molar-refractivity contribution in [2.45, 2.75) is 46.1 Å². The number of ether oxygens (including phenoxy) is 2. The Bertz CT molecular complexity index is 886. The molecule has 29 heavy (non-hydrogen) atoms. The Kier molecular flexibility index (Phi) is 5.76. The van der Waals surface area contributed by atoms with Crippen LogP contribution in [0.2, 0.25) is 0 Å². The van der Waals surface area contributed by atoms with Gasteiger partial charge in [0.2, 0.25) is 5.91 Å². The molecule has 2 aliphatic rings. The summed E-state index contributed by atoms with van der Waals surface area (Å²) in [5, 5.41) is 3.14. The van der Waals surface area contributed by atoms with E-state index in [1.807, 2.05) is 19.9 Å². The second kappa shape index (κ2) is 8.46. The Hall–Kier alpha value is -2.53. The lowest BCUT2D eigenvalue weighted by Gasteiger charge is -2.25. The monoisotopic (exact) mass is 394 g/mol. The molecule has 0 unspecified atom stereocenters. The fraction of sp³-hybridized carbons (Fsp3) is 0.458. The van der Waals surface area contributed by atoms with E-state index in [-0.39, 0.29) is 11.9 Å². The number of amides is 1. The van der Waals surface area contributed by atoms with Gasteiger partial charge >= 0.3 is 0 Å². The highest BCUT2D eigenvalue weighted by Gasteiger charge is 2.28. The van der Waals surface area contributed by atoms with Gasteiger partial charge < -0.3 is 14.8 Å². The molecule has 2 aliphatic heterocycles. The molecule has 0 aromatic heterocycles. The van der Waals surface area contributed by atoms with Crippen molar-refractivity contribution in [2.24, 2.45) is 0 Å². The van der Waals surface area contributed by atoms with Crippen LogP contribution in [0.3, 0.4) is 0 Å². The summed E-state index contributed by atoms with van der Waals surface area (Å²) >= 11 is 0. The Labute approximate surface area is 173 Å². The summed E-state index contributed by atoms with van der Waals surface area (Å²) in [6.45, 7) is 8.88. The third-order valence-electron chi connectivity index (χ3n) is 5.81. The summed E-state index contributed by atoms with van der Waals surface area (Å²) in [6.07, 6.45) is 3.04. The predicted octanol–water partition coefficient (Wildman–Crippen LogP) is 4.55. The number of hydrogen-bond acceptors (Lipinski definition) is 4. The van der Waals surface area contributed by atoms with E-state index in [0.29, 0.717) is 19.8 Å². The summed E-state index contributed by atoms with van der Waals surface area (Å²) in [5.74, 6) is 1.68. The summed E-state index contributed by atoms with van der Waals surface area (Å²) in [7, 11) is 0. The molecular weight excluding hydrogens is 364 g/mol. The van der Waals surface area contributed by atoms with Crippen molar-refractivity contribution in [3.63, 3.8) is 0 Å². The zero-order valence-electron chi connectivity index (χ0n) is 17.6. The zero-order chi connectivity index (χ0) is 20.4. The van der Waals surface area contributed by atoms with E-state index >= 15 is 0 Å². The molecule has 0 radical (unpaired) electrons. The van der Waals surface area contributed by atoms with Gasteiger partial charge in [-0.15, -0.1) is 0 Å². The minimum absolute atomic E-state index is 0.0429. The lowest BCUT2D eigenvalue weighted by atomic mass is 10.0. The highest BCUT2D eigenvalue weighted by molar-refractivity contribution is 5.93. The van der Waals surface area contributed by atoms with Crippen molar-refractivity contribution >= 4 is 11.6 Å². The molecule has 1 amide bonds. The van der Waals surface area contributed by atoms with Gasteiger partial charge in [-0.05, 0) is 69.0 Å². The lowest BCUT2D eigenvalue weighted by molar-refractivity contribution is -0.117. The molecule has 1 saturated heterocycles. The first-order valence-corrected chi connectivity index (χ1v) is 10.5. The summed E-state index contributed by atoms with van der Waals surface area (Å²) in [4.78, 5) is 15.1. The normalized spacial score (nSPS) is 19.1. The van der Waals surface area contributed by atoms with Crippen LogP contribution in [0.15, 0.2) is 30.3 Å². The number of nitrogens with zero attached hydrogens (tertiary/aromatic N) is 1. The van der Waals surface area contributed by atoms with Crippen molar-refractivity contribution in [3.05, 3.63) is 52.6 Å². The minimum Gasteiger partial charge on any atom is -0.490 e. The molecule has 2 aromatic rings. The van der Waals surface area contributed by atoms with Crippen LogP contribution in [0.1, 0.15) is 47.6 Å². The molecule has 0 bridgehead atoms. The lowest BCUT2D eigenvalue weighted by Crippen LogP contribution is -2.33. The minimum atomic E-state index is 0.0429. The highest BCUT2D eigenvalue weighted by Crippen LogP contribution is 2.37. The molecule has 5 heteroatoms. The van der Waals surface area contributed by atoms with Gasteiger partial charge in [0, 0.05) is 18.2 Å². The molecule has 1 fully saturated rings. The summed E-state index contributed by atoms with van der Waals surface area (Å²) < 4.78 is 11.6. The van der Waals surface area contributed by atoms with E-state index < -0.39 is 0 Å². The van der Waals surface area contributed by atoms with Crippen LogP contribution in [0.5, 0.6) is 11.5 Å². The summed E-state index contributed by atoms with van der Waals surface area (Å²) in [6, 6.07) is 10.7. The molecule has 0 saturated carbocycles. The number of anilines is 1. The van der Waals surface area contributed by atoms with Gasteiger partial charge in [-0.25, -0.2) is 0 Å². The average Bonchev–Trinajstić information content (AvgIpc) is 3.00. The number of aryl methyl sites for hydroxylation is 3. The second-order valence-corrected chi connectivity index (χ2v) is 8.21. The van der Waals surface area contributed by atoms with E-state index in [1.165, 1.54) is 11.1 Å². The van der Waals surface area contributed by atoms with Gasteiger partial charge in [-0.1, -0.05) is 23.8 Å². The molecule has 0 spiro atoms. The molecule has 0 aliphatic carbocycles. The van der Waals surface area contributed by atoms with Crippen molar-refractivity contribution in [1.82, 2.24) is 4.90 Å². The van der Waals surface area contributed by atoms with Gasteiger partial charge in [0.25, 0.3) is 0 Å². The van der Waals surface area contributed by atoms with Crippen LogP contribution in [-0.4, -0.2) is 37.1 Å². The number of nitrogens with one attached hydrogen (secondary N) is 1. The molecule has 2 aromatic carbocycles. The summed E-state index contributed by atoms with van der Waals surface area (Å²) in [5.41, 5.74) is 5.56. The van der Waals surface area contributed by atoms with Gasteiger partial charge in [0.15, 0.2) is 11.5 Å². The highest BCUT2D eigenvalue weighted by atomic mass is 16.5. The standard InChI is InChI=1S/C24H30N2O3/c1-16-12-17(2)24(18(3)13-16)25-23(27)15-26-9-4-6-20(26)19-7-8-21-22(14-19)29-11-5-10-28-21/h7-8,12-14,20H,4-6,9-11,15H2,1-3H3,(H,25,27)/t20-/m0/s1. The van der Waals surface area contributed by atoms with Crippen molar-refractivity contribution in [1.29, 1.82) is 0 Å². The smallest absolute Gasteiger partial charge is 0.238 e. The van der Waals surface area contributed by atoms with E-state index in [1.54, 1.807) is 0 Å². The number of hydrogen-bond donors (Lipinski definition) is 1. The second-order valence-electron chi connectivity index (χ2n) is 8.21. The number of carbonyl (C=O) groups excluding carboxylic acids is 1. The van der Waals surface area contributed by atoms with E-state index in [4.69, 9.17) is 9.47 Å². The van der Waals surface area contributed by atoms with Gasteiger partial charge in [-0.3, -0.25) is 9.69 Å². The quantitative estimate of drug-likeness (QED) is 0.827. The van der Waals surface area contributed by atoms with Gasteiger partial charge in [-0.2, -0.15) is 0 Å². The molecule has 2 heterocycles. The number of benzene rings is 2. The van der Waals surface area contributed by atoms with Crippen LogP contribution in [0.4, 0.5) is 5.69 Å². The Morgan fingerprint density at radius 2 is 1.76 bits per heavy atom. The predicted molar refractivity (Wildman–Crippen MR) is 115 cm³/mol. The zero-order valence-corrected chi connectivity index (χ0v) is 17.6. The maximum Gasteiger partial charge on any atom is 0.238 e. The van der Waals surface area contributed by atoms with Crippen LogP contribution in [0.25, 0.3) is 0 Å². The first-order chi connectivity index (χ1) is 14.0. The largest absolute Gasteiger partial charge is 0.490 e. The Morgan fingerprint density at radius 1 is 1.03 bits per heavy atom. The number of fused-ring (bicyclic) bond motifs is 1. The van der Waals surface area contributed by atoms with Crippen LogP contribution < -0.4 is 14.8 Å². The average molecular weight is 395 g/mol. The van der Waals surface area contributed by atoms with Gasteiger partial charge in [0.1, 0.15) is 0 Å². The third kappa shape index (κ3) is 4.40. The van der Waals surface area contributed by atoms with Crippen LogP contribution in [0, 0.1) is 20.8 Å². The molecule has 1 atom stereocenters. The Balaban J connectivity index is 1.46. The van der Waals surface area contributed by atoms with E-state index in [0.717, 1.165) is 54.1 Å². The number of rotatable bonds is 4. The number of likely N-dealkylation sites (tertiary alicyclic amines) is 1. The fourth-order valence-electron chi connectivity index (χ4n) is 4.52. The molecule has 4 rings (SSSR count). The van der Waals surface area contributed by atoms with Gasteiger partial charge in [0.05, 0.1) is 19.8 Å². The fourth-order valence-corrected chi connectivity index (χ4v) is 4.52. The first-order valence-electron chi connectivity index (χ1n) is 10.5. The maximum absolute atomic E-state index is 12.8. The van der Waals surface area contributed by atoms with E-state index in [2.05, 4.69) is 41.4 Å². The SMILES string of the molecule is Cc1cc(C)c(NC(=O)CN2CCC[C@H]2c2ccc3c(c2)OCCCO3)c(C)c1. The van der Waals surface area contributed by atoms with Crippen LogP contribution in [-0.2, 0) is 4.79 Å². The first kappa shape index (κ1) is 19.8. The van der Waals surface area contributed by atoms with Crippen molar-refractivity contribution < 1.29 is 14.3 Å². The van der Waals surface area contributed by atoms with Crippen molar-refractivity contribution in [2.75, 3.05) is 31.6 Å². The molecular formula is C24H30N2O3. The third-order valence-corrected chi connectivity index (χ3v) is 5.81. The van der Waals surface area contributed by atoms with Crippen molar-refractivity contribution in [3.8, 4) is 11.5 Å². The Morgan fingerprint density at radius 3 is 2.52 bits per heavy atom. The topological polar surface area (TPSA) is 50.8 Å². The number of carbonyl (C=O) groups is 1. The molecule has 5 nitrogen and oxygen atoms in total. The van der Waals surface area contributed by atoms with Crippen LogP contribution >= 0.6 is 0 Å².